The van der Waals surface area contributed by atoms with E-state index in [2.05, 4.69) is 22.9 Å². The van der Waals surface area contributed by atoms with Gasteiger partial charge >= 0.3 is 29.6 Å². The maximum Gasteiger partial charge on any atom is 1.00 e. The summed E-state index contributed by atoms with van der Waals surface area (Å²) in [4.78, 5) is 10.1. The smallest absolute Gasteiger partial charge is 0.549 e. The molecule has 0 atom stereocenters. The average molecular weight is 295 g/mol. The number of carboxylic acid groups (broad SMARTS) is 1. The van der Waals surface area contributed by atoms with Crippen molar-refractivity contribution in [1.29, 1.82) is 0 Å². The molecule has 0 spiro atoms. The predicted octanol–water partition coefficient (Wildman–Crippen LogP) is -3.13. The van der Waals surface area contributed by atoms with Gasteiger partial charge in [-0.2, -0.15) is 0 Å². The van der Waals surface area contributed by atoms with Gasteiger partial charge < -0.3 is 25.9 Å². The Labute approximate surface area is 146 Å². The van der Waals surface area contributed by atoms with E-state index in [1.165, 1.54) is 38.5 Å². The van der Waals surface area contributed by atoms with Crippen molar-refractivity contribution in [2.45, 2.75) is 45.4 Å². The van der Waals surface area contributed by atoms with Gasteiger partial charge in [-0.05, 0) is 13.0 Å². The first kappa shape index (κ1) is 22.6. The fourth-order valence-electron chi connectivity index (χ4n) is 1.82. The average Bonchev–Trinajstić information content (AvgIpc) is 2.39. The molecular weight excluding hydrogens is 265 g/mol. The van der Waals surface area contributed by atoms with Crippen LogP contribution in [0.2, 0.25) is 0 Å². The van der Waals surface area contributed by atoms with Crippen molar-refractivity contribution in [3.05, 3.63) is 0 Å². The molecule has 0 aromatic carbocycles. The first-order valence-electron chi connectivity index (χ1n) is 7.59. The minimum atomic E-state index is -1.05. The van der Waals surface area contributed by atoms with Crippen LogP contribution in [0.3, 0.4) is 0 Å². The molecule has 5 nitrogen and oxygen atoms in total. The van der Waals surface area contributed by atoms with Crippen LogP contribution in [0.1, 0.15) is 45.4 Å². The first-order valence-corrected chi connectivity index (χ1v) is 7.59. The Kier molecular flexibility index (Phi) is 21.9. The number of hydrogen-bond acceptors (Lipinski definition) is 5. The molecule has 0 bridgehead atoms. The summed E-state index contributed by atoms with van der Waals surface area (Å²) >= 11 is 0. The number of nitrogens with one attached hydrogen (secondary N) is 3. The summed E-state index contributed by atoms with van der Waals surface area (Å²) in [6.07, 6.45) is 7.99. The van der Waals surface area contributed by atoms with Crippen molar-refractivity contribution in [2.24, 2.45) is 0 Å². The van der Waals surface area contributed by atoms with E-state index in [0.717, 1.165) is 26.2 Å². The van der Waals surface area contributed by atoms with Gasteiger partial charge in [0.05, 0.1) is 5.97 Å². The molecule has 0 aliphatic rings. The number of carbonyl (C=O) groups excluding carboxylic acids is 1. The van der Waals surface area contributed by atoms with Crippen molar-refractivity contribution in [3.8, 4) is 0 Å². The van der Waals surface area contributed by atoms with Gasteiger partial charge in [0, 0.05) is 32.7 Å². The standard InChI is InChI=1S/C14H31N3O2.Na/c1-2-3-4-5-6-7-8-15-9-10-16-11-12-17-13-14(18)19;/h15-17H,2-13H2,1H3,(H,18,19);/q;+1/p-1. The Morgan fingerprint density at radius 3 is 1.90 bits per heavy atom. The monoisotopic (exact) mass is 295 g/mol. The molecule has 0 amide bonds. The number of rotatable bonds is 15. The van der Waals surface area contributed by atoms with E-state index in [0.29, 0.717) is 6.54 Å². The molecule has 0 heterocycles. The molecule has 0 fully saturated rings. The number of aliphatic carboxylic acids is 1. The van der Waals surface area contributed by atoms with Crippen LogP contribution < -0.4 is 50.6 Å². The van der Waals surface area contributed by atoms with Crippen LogP contribution in [0.5, 0.6) is 0 Å². The molecule has 114 valence electrons. The van der Waals surface area contributed by atoms with Gasteiger partial charge in [0.15, 0.2) is 0 Å². The van der Waals surface area contributed by atoms with Crippen LogP contribution in [-0.4, -0.2) is 45.2 Å². The Hall–Kier alpha value is 0.350. The predicted molar refractivity (Wildman–Crippen MR) is 77.0 cm³/mol. The van der Waals surface area contributed by atoms with E-state index in [1.807, 2.05) is 0 Å². The van der Waals surface area contributed by atoms with Crippen LogP contribution in [0.4, 0.5) is 0 Å². The van der Waals surface area contributed by atoms with Crippen molar-refractivity contribution in [1.82, 2.24) is 16.0 Å². The molecule has 0 saturated carbocycles. The van der Waals surface area contributed by atoms with Crippen molar-refractivity contribution in [2.75, 3.05) is 39.3 Å². The van der Waals surface area contributed by atoms with Gasteiger partial charge in [0.1, 0.15) is 0 Å². The van der Waals surface area contributed by atoms with Crippen molar-refractivity contribution in [3.63, 3.8) is 0 Å². The van der Waals surface area contributed by atoms with Gasteiger partial charge in [-0.15, -0.1) is 0 Å². The van der Waals surface area contributed by atoms with Crippen LogP contribution >= 0.6 is 0 Å². The van der Waals surface area contributed by atoms with Gasteiger partial charge in [-0.3, -0.25) is 0 Å². The molecule has 20 heavy (non-hydrogen) atoms. The second-order valence-electron chi connectivity index (χ2n) is 4.82. The maximum atomic E-state index is 10.1. The first-order chi connectivity index (χ1) is 9.27. The van der Waals surface area contributed by atoms with Gasteiger partial charge in [0.25, 0.3) is 0 Å². The molecular formula is C14H30N3NaO2. The summed E-state index contributed by atoms with van der Waals surface area (Å²) < 4.78 is 0. The SMILES string of the molecule is CCCCCCCCNCCNCCNCC(=O)[O-].[Na+]. The third-order valence-corrected chi connectivity index (χ3v) is 2.93. The number of hydrogen-bond donors (Lipinski definition) is 3. The van der Waals surface area contributed by atoms with E-state index in [4.69, 9.17) is 0 Å². The summed E-state index contributed by atoms with van der Waals surface area (Å²) in [7, 11) is 0. The second kappa shape index (κ2) is 19.4. The summed E-state index contributed by atoms with van der Waals surface area (Å²) in [6.45, 7) is 6.59. The number of carbonyl (C=O) groups is 1. The second-order valence-corrected chi connectivity index (χ2v) is 4.82. The quantitative estimate of drug-likeness (QED) is 0.220. The van der Waals surface area contributed by atoms with Crippen LogP contribution in [-0.2, 0) is 4.79 Å². The third-order valence-electron chi connectivity index (χ3n) is 2.93. The Morgan fingerprint density at radius 2 is 1.30 bits per heavy atom. The molecule has 0 aliphatic heterocycles. The molecule has 0 aliphatic carbocycles. The Balaban J connectivity index is 0. The van der Waals surface area contributed by atoms with Crippen LogP contribution in [0.25, 0.3) is 0 Å². The summed E-state index contributed by atoms with van der Waals surface area (Å²) in [5.74, 6) is -1.05. The maximum absolute atomic E-state index is 10.1. The van der Waals surface area contributed by atoms with Gasteiger partial charge in [-0.25, -0.2) is 0 Å². The molecule has 0 rings (SSSR count). The molecule has 0 unspecified atom stereocenters. The third kappa shape index (κ3) is 20.7. The summed E-state index contributed by atoms with van der Waals surface area (Å²) in [5.41, 5.74) is 0. The zero-order valence-corrected chi connectivity index (χ0v) is 15.3. The van der Waals surface area contributed by atoms with Crippen LogP contribution in [0, 0.1) is 0 Å². The van der Waals surface area contributed by atoms with E-state index < -0.39 is 5.97 Å². The fourth-order valence-corrected chi connectivity index (χ4v) is 1.82. The fraction of sp³-hybridized carbons (Fsp3) is 0.929. The Bertz CT molecular complexity index is 207. The number of unbranched alkanes of at least 4 members (excludes halogenated alkanes) is 5. The van der Waals surface area contributed by atoms with Gasteiger partial charge in [-0.1, -0.05) is 39.0 Å². The normalized spacial score (nSPS) is 10.2. The molecule has 0 saturated heterocycles. The molecule has 3 N–H and O–H groups in total. The summed E-state index contributed by atoms with van der Waals surface area (Å²) in [5, 5.41) is 19.5. The topological polar surface area (TPSA) is 76.2 Å². The van der Waals surface area contributed by atoms with E-state index in [1.54, 1.807) is 0 Å². The van der Waals surface area contributed by atoms with E-state index in [9.17, 15) is 9.90 Å². The number of carboxylic acids is 1. The molecule has 6 heteroatoms. The van der Waals surface area contributed by atoms with E-state index >= 15 is 0 Å². The van der Waals surface area contributed by atoms with Crippen LogP contribution in [0.15, 0.2) is 0 Å². The largest absolute Gasteiger partial charge is 1.00 e. The van der Waals surface area contributed by atoms with Gasteiger partial charge in [0.2, 0.25) is 0 Å². The zero-order valence-electron chi connectivity index (χ0n) is 13.3. The molecule has 0 aromatic heterocycles. The minimum absolute atomic E-state index is 0. The summed E-state index contributed by atoms with van der Waals surface area (Å²) in [6, 6.07) is 0. The molecule has 0 radical (unpaired) electrons. The zero-order chi connectivity index (χ0) is 14.2. The van der Waals surface area contributed by atoms with Crippen molar-refractivity contribution < 1.29 is 39.5 Å². The van der Waals surface area contributed by atoms with Crippen molar-refractivity contribution >= 4 is 5.97 Å². The molecule has 0 aromatic rings. The minimum Gasteiger partial charge on any atom is -0.549 e. The van der Waals surface area contributed by atoms with E-state index in [-0.39, 0.29) is 36.1 Å². The Morgan fingerprint density at radius 1 is 0.800 bits per heavy atom.